The molecule has 0 bridgehead atoms. The van der Waals surface area contributed by atoms with E-state index >= 15 is 0 Å². The number of hydrogen-bond acceptors (Lipinski definition) is 1. The Morgan fingerprint density at radius 1 is 1.50 bits per heavy atom. The fourth-order valence-corrected chi connectivity index (χ4v) is 1.19. The Balaban J connectivity index is 1.96. The first-order valence-electron chi connectivity index (χ1n) is 4.00. The molecule has 12 heavy (non-hydrogen) atoms. The molecule has 3 nitrogen and oxygen atoms in total. The van der Waals surface area contributed by atoms with Gasteiger partial charge < -0.3 is 10.6 Å². The molecule has 0 radical (unpaired) electrons. The van der Waals surface area contributed by atoms with E-state index in [0.29, 0.717) is 6.54 Å². The molecule has 3 heteroatoms. The molecule has 0 aromatic rings. The van der Waals surface area contributed by atoms with Crippen LogP contribution in [0.1, 0.15) is 6.92 Å². The summed E-state index contributed by atoms with van der Waals surface area (Å²) in [5, 5.41) is 5.43. The monoisotopic (exact) mass is 162 g/mol. The van der Waals surface area contributed by atoms with Crippen LogP contribution >= 0.6 is 0 Å². The van der Waals surface area contributed by atoms with Crippen molar-refractivity contribution in [3.05, 3.63) is 18.2 Å². The Kier molecular flexibility index (Phi) is 1.50. The Labute approximate surface area is 70.8 Å². The molecular formula is C9H10N2O. The number of benzene rings is 1. The number of rotatable bonds is 2. The molecule has 0 saturated carbocycles. The molecule has 0 aromatic heterocycles. The number of carbonyl (C=O) groups is 1. The van der Waals surface area contributed by atoms with Crippen LogP contribution in [0.4, 0.5) is 10.5 Å². The van der Waals surface area contributed by atoms with Crippen molar-refractivity contribution in [1.29, 1.82) is 0 Å². The number of hydrogen-bond donors (Lipinski definition) is 2. The van der Waals surface area contributed by atoms with E-state index in [9.17, 15) is 4.79 Å². The summed E-state index contributed by atoms with van der Waals surface area (Å²) in [5.41, 5.74) is 3.32. The predicted molar refractivity (Wildman–Crippen MR) is 48.1 cm³/mol. The number of fused-ring (bicyclic) bond motifs is 1. The van der Waals surface area contributed by atoms with Crippen molar-refractivity contribution in [2.45, 2.75) is 6.92 Å². The van der Waals surface area contributed by atoms with Crippen LogP contribution in [0.25, 0.3) is 11.1 Å². The highest BCUT2D eigenvalue weighted by molar-refractivity contribution is 6.01. The average Bonchev–Trinajstić information content (AvgIpc) is 2.71. The fourth-order valence-electron chi connectivity index (χ4n) is 1.19. The second-order valence-corrected chi connectivity index (χ2v) is 2.74. The normalized spacial score (nSPS) is 10.8. The molecule has 0 fully saturated rings. The van der Waals surface area contributed by atoms with E-state index in [4.69, 9.17) is 0 Å². The lowest BCUT2D eigenvalue weighted by atomic mass is 10.4. The average molecular weight is 162 g/mol. The molecule has 2 rings (SSSR count). The van der Waals surface area contributed by atoms with E-state index in [1.807, 2.05) is 25.1 Å². The Bertz CT molecular complexity index is 333. The smallest absolute Gasteiger partial charge is 0.319 e. The van der Waals surface area contributed by atoms with E-state index in [1.165, 1.54) is 11.1 Å². The second-order valence-electron chi connectivity index (χ2n) is 2.74. The molecule has 2 aliphatic carbocycles. The van der Waals surface area contributed by atoms with Gasteiger partial charge in [0.25, 0.3) is 0 Å². The van der Waals surface area contributed by atoms with Gasteiger partial charge in [-0.15, -0.1) is 0 Å². The number of carbonyl (C=O) groups excluding carboxylic acids is 1. The van der Waals surface area contributed by atoms with Gasteiger partial charge in [0.15, 0.2) is 0 Å². The SMILES string of the molecule is CCNC(=O)Nc1ccc2cc1-2. The first-order chi connectivity index (χ1) is 5.81. The maximum Gasteiger partial charge on any atom is 0.319 e. The van der Waals surface area contributed by atoms with Gasteiger partial charge in [0.1, 0.15) is 0 Å². The minimum absolute atomic E-state index is 0.133. The maximum absolute atomic E-state index is 11.0. The van der Waals surface area contributed by atoms with Crippen molar-refractivity contribution in [1.82, 2.24) is 5.32 Å². The van der Waals surface area contributed by atoms with Crippen LogP contribution in [-0.2, 0) is 0 Å². The number of nitrogens with one attached hydrogen (secondary N) is 2. The van der Waals surface area contributed by atoms with Gasteiger partial charge in [-0.25, -0.2) is 4.79 Å². The molecule has 0 saturated heterocycles. The summed E-state index contributed by atoms with van der Waals surface area (Å²) in [4.78, 5) is 11.0. The van der Waals surface area contributed by atoms with Gasteiger partial charge >= 0.3 is 6.03 Å². The summed E-state index contributed by atoms with van der Waals surface area (Å²) in [6.45, 7) is 2.54. The molecule has 0 heterocycles. The molecule has 0 aliphatic heterocycles. The van der Waals surface area contributed by atoms with E-state index in [-0.39, 0.29) is 6.03 Å². The van der Waals surface area contributed by atoms with Gasteiger partial charge in [-0.1, -0.05) is 6.07 Å². The zero-order valence-corrected chi connectivity index (χ0v) is 6.85. The largest absolute Gasteiger partial charge is 0.338 e. The fraction of sp³-hybridized carbons (Fsp3) is 0.222. The Morgan fingerprint density at radius 3 is 2.83 bits per heavy atom. The third kappa shape index (κ3) is 1.13. The van der Waals surface area contributed by atoms with Crippen molar-refractivity contribution >= 4 is 11.7 Å². The van der Waals surface area contributed by atoms with Gasteiger partial charge in [-0.05, 0) is 24.6 Å². The van der Waals surface area contributed by atoms with Crippen molar-refractivity contribution < 1.29 is 4.79 Å². The molecule has 0 unspecified atom stereocenters. The van der Waals surface area contributed by atoms with Gasteiger partial charge in [0.2, 0.25) is 0 Å². The van der Waals surface area contributed by atoms with Gasteiger partial charge in [0.05, 0.1) is 5.69 Å². The highest BCUT2D eigenvalue weighted by Gasteiger charge is 2.17. The lowest BCUT2D eigenvalue weighted by Gasteiger charge is -2.02. The third-order valence-electron chi connectivity index (χ3n) is 1.83. The number of urea groups is 1. The summed E-state index contributed by atoms with van der Waals surface area (Å²) >= 11 is 0. The van der Waals surface area contributed by atoms with Crippen LogP contribution in [0.3, 0.4) is 0 Å². The third-order valence-corrected chi connectivity index (χ3v) is 1.83. The summed E-state index contributed by atoms with van der Waals surface area (Å²) < 4.78 is 0. The Hall–Kier alpha value is -1.51. The highest BCUT2D eigenvalue weighted by Crippen LogP contribution is 2.41. The number of amides is 2. The molecule has 62 valence electrons. The predicted octanol–water partition coefficient (Wildman–Crippen LogP) is 1.81. The summed E-state index contributed by atoms with van der Waals surface area (Å²) in [5.74, 6) is 0. The minimum atomic E-state index is -0.133. The van der Waals surface area contributed by atoms with Crippen LogP contribution in [0, 0.1) is 0 Å². The standard InChI is InChI=1S/C9H10N2O/c1-2-10-9(12)11-8-4-3-6-5-7(6)8/h3-5H,2H2,1H3,(H2,10,11,12). The molecular weight excluding hydrogens is 152 g/mol. The van der Waals surface area contributed by atoms with Crippen LogP contribution in [0.2, 0.25) is 0 Å². The quantitative estimate of drug-likeness (QED) is 0.694. The zero-order chi connectivity index (χ0) is 8.55. The molecule has 0 aromatic carbocycles. The zero-order valence-electron chi connectivity index (χ0n) is 6.85. The lowest BCUT2D eigenvalue weighted by molar-refractivity contribution is 0.252. The summed E-state index contributed by atoms with van der Waals surface area (Å²) in [7, 11) is 0. The Morgan fingerprint density at radius 2 is 2.33 bits per heavy atom. The molecule has 2 aliphatic rings. The van der Waals surface area contributed by atoms with E-state index in [0.717, 1.165) is 5.69 Å². The topological polar surface area (TPSA) is 41.1 Å². The van der Waals surface area contributed by atoms with Crippen molar-refractivity contribution in [3.8, 4) is 11.1 Å². The summed E-state index contributed by atoms with van der Waals surface area (Å²) in [6, 6.07) is 5.82. The molecule has 0 spiro atoms. The first kappa shape index (κ1) is 7.16. The van der Waals surface area contributed by atoms with Crippen LogP contribution in [-0.4, -0.2) is 12.6 Å². The van der Waals surface area contributed by atoms with Crippen LogP contribution < -0.4 is 10.6 Å². The van der Waals surface area contributed by atoms with Crippen molar-refractivity contribution in [2.24, 2.45) is 0 Å². The van der Waals surface area contributed by atoms with Crippen LogP contribution in [0.15, 0.2) is 18.2 Å². The van der Waals surface area contributed by atoms with Crippen LogP contribution in [0.5, 0.6) is 0 Å². The lowest BCUT2D eigenvalue weighted by Crippen LogP contribution is -2.27. The first-order valence-corrected chi connectivity index (χ1v) is 4.00. The van der Waals surface area contributed by atoms with Crippen molar-refractivity contribution in [3.63, 3.8) is 0 Å². The maximum atomic E-state index is 11.0. The van der Waals surface area contributed by atoms with E-state index in [2.05, 4.69) is 10.6 Å². The second kappa shape index (κ2) is 2.52. The van der Waals surface area contributed by atoms with Gasteiger partial charge in [-0.2, -0.15) is 0 Å². The summed E-state index contributed by atoms with van der Waals surface area (Å²) in [6.07, 6.45) is 0. The molecule has 2 N–H and O–H groups in total. The van der Waals surface area contributed by atoms with E-state index in [1.54, 1.807) is 0 Å². The minimum Gasteiger partial charge on any atom is -0.338 e. The molecule has 2 amide bonds. The molecule has 0 atom stereocenters. The number of anilines is 1. The van der Waals surface area contributed by atoms with E-state index < -0.39 is 0 Å². The van der Waals surface area contributed by atoms with Gasteiger partial charge in [0, 0.05) is 12.1 Å². The van der Waals surface area contributed by atoms with Crippen molar-refractivity contribution in [2.75, 3.05) is 11.9 Å². The highest BCUT2D eigenvalue weighted by atomic mass is 16.2. The van der Waals surface area contributed by atoms with Gasteiger partial charge in [-0.3, -0.25) is 0 Å².